The van der Waals surface area contributed by atoms with Crippen molar-refractivity contribution in [3.8, 4) is 0 Å². The van der Waals surface area contributed by atoms with Crippen LogP contribution in [0.5, 0.6) is 0 Å². The molecule has 0 radical (unpaired) electrons. The van der Waals surface area contributed by atoms with Crippen LogP contribution in [0.15, 0.2) is 42.7 Å². The molecular weight excluding hydrogens is 195 g/mol. The van der Waals surface area contributed by atoms with Gasteiger partial charge in [-0.25, -0.2) is 4.39 Å². The van der Waals surface area contributed by atoms with Crippen LogP contribution >= 0.6 is 0 Å². The number of nitrogens with one attached hydrogen (secondary N) is 2. The monoisotopic (exact) mass is 204 g/mol. The minimum absolute atomic E-state index is 0.294. The summed E-state index contributed by atoms with van der Waals surface area (Å²) in [5.74, 6) is -0.341. The second-order valence-corrected chi connectivity index (χ2v) is 2.82. The lowest BCUT2D eigenvalue weighted by molar-refractivity contribution is 0.636. The van der Waals surface area contributed by atoms with E-state index in [0.717, 1.165) is 0 Å². The molecule has 0 saturated heterocycles. The number of benzene rings is 1. The first-order valence-corrected chi connectivity index (χ1v) is 4.40. The number of fused-ring (bicyclic) bond motifs is 1. The molecule has 3 rings (SSSR count). The Morgan fingerprint density at radius 2 is 1.80 bits per heavy atom. The van der Waals surface area contributed by atoms with E-state index in [4.69, 9.17) is 0 Å². The van der Waals surface area contributed by atoms with E-state index in [9.17, 15) is 4.39 Å². The van der Waals surface area contributed by atoms with Crippen LogP contribution in [0.3, 0.4) is 0 Å². The standard InChI is InChI=1S/C6H4FN3.C4H5N/c7-4-2-1-3-5-6(4)9-10-8-5;1-2-4-5-3-1/h1-3H,(H,8,9,10);1-5H. The fourth-order valence-corrected chi connectivity index (χ4v) is 1.11. The van der Waals surface area contributed by atoms with Crippen molar-refractivity contribution < 1.29 is 4.39 Å². The fourth-order valence-electron chi connectivity index (χ4n) is 1.11. The van der Waals surface area contributed by atoms with Crippen molar-refractivity contribution in [2.24, 2.45) is 0 Å². The third kappa shape index (κ3) is 2.19. The van der Waals surface area contributed by atoms with Crippen LogP contribution < -0.4 is 0 Å². The summed E-state index contributed by atoms with van der Waals surface area (Å²) >= 11 is 0. The number of hydrogen-bond acceptors (Lipinski definition) is 2. The molecule has 0 saturated carbocycles. The second-order valence-electron chi connectivity index (χ2n) is 2.82. The Kier molecular flexibility index (Phi) is 2.73. The molecule has 2 N–H and O–H groups in total. The van der Waals surface area contributed by atoms with Gasteiger partial charge in [-0.15, -0.1) is 0 Å². The van der Waals surface area contributed by atoms with Crippen LogP contribution in [0.25, 0.3) is 11.0 Å². The minimum atomic E-state index is -0.341. The molecule has 5 heteroatoms. The average molecular weight is 204 g/mol. The third-order valence-corrected chi connectivity index (χ3v) is 1.79. The van der Waals surface area contributed by atoms with Gasteiger partial charge in [0.2, 0.25) is 0 Å². The number of nitrogens with zero attached hydrogens (tertiary/aromatic N) is 2. The van der Waals surface area contributed by atoms with Gasteiger partial charge in [0, 0.05) is 12.4 Å². The van der Waals surface area contributed by atoms with E-state index in [1.807, 2.05) is 24.5 Å². The first-order chi connectivity index (χ1) is 7.38. The summed E-state index contributed by atoms with van der Waals surface area (Å²) in [6.07, 6.45) is 3.75. The topological polar surface area (TPSA) is 57.4 Å². The summed E-state index contributed by atoms with van der Waals surface area (Å²) in [5.41, 5.74) is 0.850. The molecule has 2 heterocycles. The zero-order chi connectivity index (χ0) is 10.5. The van der Waals surface area contributed by atoms with E-state index in [0.29, 0.717) is 11.0 Å². The molecule has 0 aliphatic rings. The molecule has 2 aromatic heterocycles. The number of rotatable bonds is 0. The fraction of sp³-hybridized carbons (Fsp3) is 0. The lowest BCUT2D eigenvalue weighted by Crippen LogP contribution is -1.75. The van der Waals surface area contributed by atoms with Crippen LogP contribution in [0.1, 0.15) is 0 Å². The molecule has 3 aromatic rings. The first kappa shape index (κ1) is 9.39. The van der Waals surface area contributed by atoms with E-state index in [1.54, 1.807) is 12.1 Å². The molecule has 0 aliphatic carbocycles. The molecule has 15 heavy (non-hydrogen) atoms. The average Bonchev–Trinajstić information content (AvgIpc) is 2.93. The largest absolute Gasteiger partial charge is 0.368 e. The van der Waals surface area contributed by atoms with Crippen LogP contribution in [0, 0.1) is 5.82 Å². The van der Waals surface area contributed by atoms with Crippen molar-refractivity contribution >= 4 is 11.0 Å². The maximum atomic E-state index is 12.7. The Hall–Kier alpha value is -2.17. The van der Waals surface area contributed by atoms with Crippen molar-refractivity contribution in [2.75, 3.05) is 0 Å². The summed E-state index contributed by atoms with van der Waals surface area (Å²) in [6, 6.07) is 8.53. The Balaban J connectivity index is 0.000000144. The summed E-state index contributed by atoms with van der Waals surface area (Å²) in [7, 11) is 0. The first-order valence-electron chi connectivity index (χ1n) is 4.40. The van der Waals surface area contributed by atoms with Gasteiger partial charge in [-0.2, -0.15) is 15.4 Å². The Morgan fingerprint density at radius 1 is 1.00 bits per heavy atom. The van der Waals surface area contributed by atoms with Crippen LogP contribution in [-0.2, 0) is 0 Å². The zero-order valence-electron chi connectivity index (χ0n) is 7.81. The van der Waals surface area contributed by atoms with Gasteiger partial charge in [0.1, 0.15) is 11.0 Å². The lowest BCUT2D eigenvalue weighted by Gasteiger charge is -1.84. The van der Waals surface area contributed by atoms with Gasteiger partial charge in [0.05, 0.1) is 0 Å². The molecule has 76 valence electrons. The highest BCUT2D eigenvalue weighted by Crippen LogP contribution is 2.10. The van der Waals surface area contributed by atoms with E-state index in [-0.39, 0.29) is 5.82 Å². The Morgan fingerprint density at radius 3 is 2.40 bits per heavy atom. The molecule has 0 atom stereocenters. The maximum Gasteiger partial charge on any atom is 0.152 e. The van der Waals surface area contributed by atoms with Gasteiger partial charge in [-0.1, -0.05) is 6.07 Å². The zero-order valence-corrected chi connectivity index (χ0v) is 7.81. The van der Waals surface area contributed by atoms with Gasteiger partial charge >= 0.3 is 0 Å². The molecule has 4 nitrogen and oxygen atoms in total. The normalized spacial score (nSPS) is 9.67. The highest BCUT2D eigenvalue weighted by molar-refractivity contribution is 5.73. The molecule has 0 fully saturated rings. The predicted molar refractivity (Wildman–Crippen MR) is 54.6 cm³/mol. The predicted octanol–water partition coefficient (Wildman–Crippen LogP) is 2.11. The highest BCUT2D eigenvalue weighted by Gasteiger charge is 2.00. The number of aromatic amines is 2. The molecule has 0 amide bonds. The second kappa shape index (κ2) is 4.36. The van der Waals surface area contributed by atoms with Gasteiger partial charge in [0.15, 0.2) is 5.82 Å². The van der Waals surface area contributed by atoms with Gasteiger partial charge in [-0.3, -0.25) is 0 Å². The highest BCUT2D eigenvalue weighted by atomic mass is 19.1. The Labute approximate surface area is 85.1 Å². The summed E-state index contributed by atoms with van der Waals surface area (Å²) in [6.45, 7) is 0. The summed E-state index contributed by atoms with van der Waals surface area (Å²) in [4.78, 5) is 2.86. The number of aromatic nitrogens is 4. The molecule has 1 aromatic carbocycles. The van der Waals surface area contributed by atoms with E-state index < -0.39 is 0 Å². The van der Waals surface area contributed by atoms with Crippen molar-refractivity contribution in [1.29, 1.82) is 0 Å². The number of hydrogen-bond donors (Lipinski definition) is 2. The Bertz CT molecular complexity index is 498. The van der Waals surface area contributed by atoms with E-state index in [1.165, 1.54) is 6.07 Å². The molecular formula is C10H9FN4. The molecule has 0 unspecified atom stereocenters. The number of para-hydroxylation sites is 1. The van der Waals surface area contributed by atoms with Crippen molar-refractivity contribution in [1.82, 2.24) is 20.4 Å². The van der Waals surface area contributed by atoms with Gasteiger partial charge in [0.25, 0.3) is 0 Å². The number of halogens is 1. The van der Waals surface area contributed by atoms with Crippen LogP contribution in [-0.4, -0.2) is 20.4 Å². The molecule has 0 aliphatic heterocycles. The minimum Gasteiger partial charge on any atom is -0.368 e. The van der Waals surface area contributed by atoms with Crippen molar-refractivity contribution in [2.45, 2.75) is 0 Å². The van der Waals surface area contributed by atoms with Crippen LogP contribution in [0.2, 0.25) is 0 Å². The maximum absolute atomic E-state index is 12.7. The third-order valence-electron chi connectivity index (χ3n) is 1.79. The lowest BCUT2D eigenvalue weighted by atomic mass is 10.3. The van der Waals surface area contributed by atoms with Gasteiger partial charge in [-0.05, 0) is 24.3 Å². The van der Waals surface area contributed by atoms with Gasteiger partial charge < -0.3 is 4.98 Å². The molecule has 0 spiro atoms. The van der Waals surface area contributed by atoms with Crippen molar-refractivity contribution in [3.05, 3.63) is 48.5 Å². The molecule has 0 bridgehead atoms. The number of H-pyrrole nitrogens is 2. The summed E-state index contributed by atoms with van der Waals surface area (Å²) in [5, 5.41) is 9.65. The van der Waals surface area contributed by atoms with Crippen molar-refractivity contribution in [3.63, 3.8) is 0 Å². The van der Waals surface area contributed by atoms with Crippen LogP contribution in [0.4, 0.5) is 4.39 Å². The van der Waals surface area contributed by atoms with E-state index >= 15 is 0 Å². The quantitative estimate of drug-likeness (QED) is 0.589. The van der Waals surface area contributed by atoms with E-state index in [2.05, 4.69) is 20.4 Å². The smallest absolute Gasteiger partial charge is 0.152 e. The summed E-state index contributed by atoms with van der Waals surface area (Å²) < 4.78 is 12.7. The SMILES string of the molecule is Fc1cccc2n[nH]nc12.c1cc[nH]c1.